The van der Waals surface area contributed by atoms with Crippen LogP contribution in [0.25, 0.3) is 0 Å². The summed E-state index contributed by atoms with van der Waals surface area (Å²) in [4.78, 5) is 26.5. The quantitative estimate of drug-likeness (QED) is 0.890. The highest BCUT2D eigenvalue weighted by Crippen LogP contribution is 2.29. The van der Waals surface area contributed by atoms with Gasteiger partial charge in [0, 0.05) is 29.2 Å². The maximum atomic E-state index is 12.4. The molecule has 22 heavy (non-hydrogen) atoms. The zero-order chi connectivity index (χ0) is 15.5. The topological polar surface area (TPSA) is 49.4 Å². The zero-order valence-electron chi connectivity index (χ0n) is 12.6. The van der Waals surface area contributed by atoms with E-state index in [9.17, 15) is 9.59 Å². The van der Waals surface area contributed by atoms with Crippen LogP contribution in [-0.4, -0.2) is 29.3 Å². The number of halogens is 1. The lowest BCUT2D eigenvalue weighted by atomic mass is 9.94. The molecule has 3 rings (SSSR count). The van der Waals surface area contributed by atoms with Gasteiger partial charge >= 0.3 is 0 Å². The van der Waals surface area contributed by atoms with E-state index < -0.39 is 0 Å². The minimum Gasteiger partial charge on any atom is -0.339 e. The van der Waals surface area contributed by atoms with E-state index in [1.165, 1.54) is 19.3 Å². The maximum absolute atomic E-state index is 12.4. The first-order valence-corrected chi connectivity index (χ1v) is 8.78. The predicted octanol–water partition coefficient (Wildman–Crippen LogP) is 3.57. The summed E-state index contributed by atoms with van der Waals surface area (Å²) in [5.74, 6) is -0.130. The minimum absolute atomic E-state index is 0.0472. The molecule has 0 bridgehead atoms. The van der Waals surface area contributed by atoms with Crippen LogP contribution in [0.15, 0.2) is 28.7 Å². The van der Waals surface area contributed by atoms with Crippen LogP contribution in [0.2, 0.25) is 0 Å². The van der Waals surface area contributed by atoms with Crippen molar-refractivity contribution in [1.82, 2.24) is 4.90 Å². The maximum Gasteiger partial charge on any atom is 0.229 e. The highest BCUT2D eigenvalue weighted by molar-refractivity contribution is 9.10. The Bertz CT molecular complexity index is 552. The molecule has 1 aliphatic carbocycles. The molecule has 0 aromatic heterocycles. The first-order chi connectivity index (χ1) is 10.6. The number of nitrogens with zero attached hydrogens (tertiary/aromatic N) is 1. The summed E-state index contributed by atoms with van der Waals surface area (Å²) >= 11 is 3.37. The molecule has 1 aromatic rings. The molecule has 2 aliphatic rings. The summed E-state index contributed by atoms with van der Waals surface area (Å²) in [5, 5.41) is 2.92. The number of amides is 2. The fraction of sp³-hybridized carbons (Fsp3) is 0.529. The van der Waals surface area contributed by atoms with E-state index in [0.717, 1.165) is 23.0 Å². The summed E-state index contributed by atoms with van der Waals surface area (Å²) in [5.41, 5.74) is 0.775. The van der Waals surface area contributed by atoms with Crippen molar-refractivity contribution in [2.24, 2.45) is 5.92 Å². The van der Waals surface area contributed by atoms with Gasteiger partial charge in [-0.3, -0.25) is 9.59 Å². The molecular weight excluding hydrogens is 344 g/mol. The molecule has 1 N–H and O–H groups in total. The van der Waals surface area contributed by atoms with Gasteiger partial charge in [0.1, 0.15) is 0 Å². The van der Waals surface area contributed by atoms with Crippen molar-refractivity contribution in [2.45, 2.75) is 44.6 Å². The summed E-state index contributed by atoms with van der Waals surface area (Å²) < 4.78 is 0.977. The van der Waals surface area contributed by atoms with Crippen molar-refractivity contribution in [1.29, 1.82) is 0 Å². The van der Waals surface area contributed by atoms with E-state index in [-0.39, 0.29) is 17.7 Å². The smallest absolute Gasteiger partial charge is 0.229 e. The first-order valence-electron chi connectivity index (χ1n) is 7.99. The van der Waals surface area contributed by atoms with Crippen LogP contribution in [0.4, 0.5) is 5.69 Å². The summed E-state index contributed by atoms with van der Waals surface area (Å²) in [6.07, 6.45) is 6.19. The van der Waals surface area contributed by atoms with Crippen molar-refractivity contribution >= 4 is 33.4 Å². The lowest BCUT2D eigenvalue weighted by Gasteiger charge is -2.31. The molecular formula is C17H21BrN2O2. The molecule has 2 fully saturated rings. The van der Waals surface area contributed by atoms with Gasteiger partial charge in [-0.1, -0.05) is 35.2 Å². The number of rotatable bonds is 3. The van der Waals surface area contributed by atoms with E-state index in [0.29, 0.717) is 19.0 Å². The van der Waals surface area contributed by atoms with Crippen LogP contribution in [0.3, 0.4) is 0 Å². The Balaban J connectivity index is 1.59. The molecule has 118 valence electrons. The second-order valence-corrected chi connectivity index (χ2v) is 7.15. The van der Waals surface area contributed by atoms with Gasteiger partial charge in [-0.2, -0.15) is 0 Å². The van der Waals surface area contributed by atoms with Crippen LogP contribution in [-0.2, 0) is 9.59 Å². The largest absolute Gasteiger partial charge is 0.339 e. The monoisotopic (exact) mass is 364 g/mol. The standard InChI is InChI=1S/C17H21BrN2O2/c18-13-6-8-14(9-7-13)19-17(22)12-10-16(21)20(11-12)15-4-2-1-3-5-15/h6-9,12,15H,1-5,10-11H2,(H,19,22). The number of carbonyl (C=O) groups is 2. The molecule has 4 nitrogen and oxygen atoms in total. The van der Waals surface area contributed by atoms with E-state index >= 15 is 0 Å². The second kappa shape index (κ2) is 6.82. The second-order valence-electron chi connectivity index (χ2n) is 6.24. The molecule has 1 heterocycles. The fourth-order valence-electron chi connectivity index (χ4n) is 3.43. The molecule has 1 aromatic carbocycles. The number of benzene rings is 1. The Morgan fingerprint density at radius 1 is 1.14 bits per heavy atom. The van der Waals surface area contributed by atoms with Gasteiger partial charge in [-0.25, -0.2) is 0 Å². The van der Waals surface area contributed by atoms with Gasteiger partial charge in [-0.05, 0) is 37.1 Å². The molecule has 1 saturated carbocycles. The van der Waals surface area contributed by atoms with E-state index in [4.69, 9.17) is 0 Å². The fourth-order valence-corrected chi connectivity index (χ4v) is 3.69. The molecule has 1 saturated heterocycles. The minimum atomic E-state index is -0.224. The van der Waals surface area contributed by atoms with E-state index in [1.54, 1.807) is 0 Å². The van der Waals surface area contributed by atoms with Crippen LogP contribution in [0.5, 0.6) is 0 Å². The van der Waals surface area contributed by atoms with Gasteiger partial charge in [0.25, 0.3) is 0 Å². The molecule has 5 heteroatoms. The van der Waals surface area contributed by atoms with E-state index in [2.05, 4.69) is 21.2 Å². The number of hydrogen-bond donors (Lipinski definition) is 1. The van der Waals surface area contributed by atoms with Crippen LogP contribution < -0.4 is 5.32 Å². The summed E-state index contributed by atoms with van der Waals surface area (Å²) in [6.45, 7) is 0.575. The SMILES string of the molecule is O=C(Nc1ccc(Br)cc1)C1CC(=O)N(C2CCCCC2)C1. The number of carbonyl (C=O) groups excluding carboxylic acids is 2. The third-order valence-electron chi connectivity index (χ3n) is 4.66. The van der Waals surface area contributed by atoms with Gasteiger partial charge in [0.05, 0.1) is 5.92 Å². The summed E-state index contributed by atoms with van der Waals surface area (Å²) in [7, 11) is 0. The van der Waals surface area contributed by atoms with Crippen molar-refractivity contribution in [3.63, 3.8) is 0 Å². The van der Waals surface area contributed by atoms with Crippen LogP contribution >= 0.6 is 15.9 Å². The Morgan fingerprint density at radius 2 is 1.82 bits per heavy atom. The highest BCUT2D eigenvalue weighted by Gasteiger charge is 2.38. The molecule has 1 atom stereocenters. The average molecular weight is 365 g/mol. The zero-order valence-corrected chi connectivity index (χ0v) is 14.1. The number of hydrogen-bond acceptors (Lipinski definition) is 2. The lowest BCUT2D eigenvalue weighted by molar-refractivity contribution is -0.130. The molecule has 0 radical (unpaired) electrons. The molecule has 2 amide bonds. The Hall–Kier alpha value is -1.36. The van der Waals surface area contributed by atoms with Crippen LogP contribution in [0, 0.1) is 5.92 Å². The Kier molecular flexibility index (Phi) is 4.81. The third kappa shape index (κ3) is 3.51. The normalized spacial score (nSPS) is 22.9. The van der Waals surface area contributed by atoms with Gasteiger partial charge in [0.15, 0.2) is 0 Å². The van der Waals surface area contributed by atoms with Crippen molar-refractivity contribution in [3.05, 3.63) is 28.7 Å². The predicted molar refractivity (Wildman–Crippen MR) is 89.5 cm³/mol. The van der Waals surface area contributed by atoms with Gasteiger partial charge < -0.3 is 10.2 Å². The van der Waals surface area contributed by atoms with Crippen LogP contribution in [0.1, 0.15) is 38.5 Å². The van der Waals surface area contributed by atoms with Crippen molar-refractivity contribution in [3.8, 4) is 0 Å². The Morgan fingerprint density at radius 3 is 2.50 bits per heavy atom. The van der Waals surface area contributed by atoms with Gasteiger partial charge in [-0.15, -0.1) is 0 Å². The van der Waals surface area contributed by atoms with Crippen molar-refractivity contribution < 1.29 is 9.59 Å². The van der Waals surface area contributed by atoms with Crippen molar-refractivity contribution in [2.75, 3.05) is 11.9 Å². The summed E-state index contributed by atoms with van der Waals surface area (Å²) in [6, 6.07) is 7.86. The third-order valence-corrected chi connectivity index (χ3v) is 5.19. The first kappa shape index (κ1) is 15.5. The molecule has 1 unspecified atom stereocenters. The number of likely N-dealkylation sites (tertiary alicyclic amines) is 1. The number of anilines is 1. The average Bonchev–Trinajstić information content (AvgIpc) is 2.92. The van der Waals surface area contributed by atoms with Gasteiger partial charge in [0.2, 0.25) is 11.8 Å². The molecule has 0 spiro atoms. The lowest BCUT2D eigenvalue weighted by Crippen LogP contribution is -2.38. The highest BCUT2D eigenvalue weighted by atomic mass is 79.9. The Labute approximate surface area is 139 Å². The molecule has 1 aliphatic heterocycles. The van der Waals surface area contributed by atoms with E-state index in [1.807, 2.05) is 29.2 Å². The number of nitrogens with one attached hydrogen (secondary N) is 1.